The molecule has 2 N–H and O–H groups in total. The van der Waals surface area contributed by atoms with E-state index >= 15 is 0 Å². The maximum atomic E-state index is 12.6. The zero-order chi connectivity index (χ0) is 15.9. The molecule has 0 radical (unpaired) electrons. The summed E-state index contributed by atoms with van der Waals surface area (Å²) in [7, 11) is 0. The fourth-order valence-corrected chi connectivity index (χ4v) is 3.76. The van der Waals surface area contributed by atoms with Crippen LogP contribution in [-0.4, -0.2) is 46.7 Å². The first kappa shape index (κ1) is 17.2. The number of aliphatic hydroxyl groups excluding tert-OH is 1. The molecule has 0 aromatic heterocycles. The van der Waals surface area contributed by atoms with Gasteiger partial charge in [0.1, 0.15) is 0 Å². The Bertz CT molecular complexity index is 478. The molecule has 1 heterocycles. The van der Waals surface area contributed by atoms with Gasteiger partial charge in [-0.15, -0.1) is 0 Å². The van der Waals surface area contributed by atoms with Crippen molar-refractivity contribution in [1.29, 1.82) is 0 Å². The summed E-state index contributed by atoms with van der Waals surface area (Å²) in [6.45, 7) is 5.02. The van der Waals surface area contributed by atoms with Crippen LogP contribution in [0.4, 0.5) is 4.79 Å². The Balaban J connectivity index is 2.02. The van der Waals surface area contributed by atoms with Crippen molar-refractivity contribution in [2.24, 2.45) is 0 Å². The summed E-state index contributed by atoms with van der Waals surface area (Å²) in [6, 6.07) is 8.71. The average molecular weight is 322 g/mol. The second-order valence-electron chi connectivity index (χ2n) is 5.91. The maximum absolute atomic E-state index is 12.6. The highest BCUT2D eigenvalue weighted by molar-refractivity contribution is 7.99. The van der Waals surface area contributed by atoms with Crippen molar-refractivity contribution < 1.29 is 9.90 Å². The maximum Gasteiger partial charge on any atom is 0.318 e. The lowest BCUT2D eigenvalue weighted by atomic mass is 10.0. The molecule has 1 saturated heterocycles. The smallest absolute Gasteiger partial charge is 0.318 e. The van der Waals surface area contributed by atoms with E-state index in [1.54, 1.807) is 0 Å². The van der Waals surface area contributed by atoms with Gasteiger partial charge < -0.3 is 15.3 Å². The Morgan fingerprint density at radius 3 is 2.86 bits per heavy atom. The van der Waals surface area contributed by atoms with E-state index in [1.165, 1.54) is 11.1 Å². The van der Waals surface area contributed by atoms with E-state index in [1.807, 2.05) is 23.6 Å². The number of urea groups is 1. The lowest BCUT2D eigenvalue weighted by Gasteiger charge is -2.36. The first-order chi connectivity index (χ1) is 10.6. The Hall–Kier alpha value is -1.20. The zero-order valence-corrected chi connectivity index (χ0v) is 14.2. The first-order valence-corrected chi connectivity index (χ1v) is 9.09. The van der Waals surface area contributed by atoms with Crippen LogP contribution >= 0.6 is 11.8 Å². The summed E-state index contributed by atoms with van der Waals surface area (Å²) in [6.07, 6.45) is 1.53. The van der Waals surface area contributed by atoms with Crippen LogP contribution in [0, 0.1) is 6.92 Å². The first-order valence-electron chi connectivity index (χ1n) is 7.94. The van der Waals surface area contributed by atoms with Crippen molar-refractivity contribution in [1.82, 2.24) is 10.2 Å². The number of thioether (sulfide) groups is 1. The number of amides is 2. The van der Waals surface area contributed by atoms with Gasteiger partial charge in [-0.1, -0.05) is 29.8 Å². The van der Waals surface area contributed by atoms with Gasteiger partial charge in [-0.25, -0.2) is 4.79 Å². The highest BCUT2D eigenvalue weighted by Gasteiger charge is 2.28. The second-order valence-corrected chi connectivity index (χ2v) is 7.06. The van der Waals surface area contributed by atoms with Crippen molar-refractivity contribution in [3.05, 3.63) is 35.4 Å². The lowest BCUT2D eigenvalue weighted by Crippen LogP contribution is -2.48. The number of aliphatic hydroxyl groups is 1. The minimum Gasteiger partial charge on any atom is -0.396 e. The van der Waals surface area contributed by atoms with Gasteiger partial charge in [0.25, 0.3) is 0 Å². The van der Waals surface area contributed by atoms with Crippen LogP contribution < -0.4 is 5.32 Å². The van der Waals surface area contributed by atoms with Crippen LogP contribution in [0.1, 0.15) is 36.9 Å². The quantitative estimate of drug-likeness (QED) is 0.876. The van der Waals surface area contributed by atoms with Crippen LogP contribution in [0.15, 0.2) is 24.3 Å². The molecule has 0 saturated carbocycles. The van der Waals surface area contributed by atoms with Crippen molar-refractivity contribution >= 4 is 17.8 Å². The van der Waals surface area contributed by atoms with E-state index in [0.29, 0.717) is 0 Å². The van der Waals surface area contributed by atoms with Gasteiger partial charge >= 0.3 is 6.03 Å². The Morgan fingerprint density at radius 1 is 1.45 bits per heavy atom. The standard InChI is InChI=1S/C17H26N2O2S/c1-13-5-7-15(8-6-13)16-12-22-11-9-19(16)17(21)18-14(2)4-3-10-20/h5-8,14,16,20H,3-4,9-12H2,1-2H3,(H,18,21). The number of rotatable bonds is 5. The molecular formula is C17H26N2O2S. The van der Waals surface area contributed by atoms with Gasteiger partial charge in [0.15, 0.2) is 0 Å². The Morgan fingerprint density at radius 2 is 2.18 bits per heavy atom. The van der Waals surface area contributed by atoms with Crippen LogP contribution in [0.3, 0.4) is 0 Å². The number of hydrogen-bond donors (Lipinski definition) is 2. The molecule has 1 fully saturated rings. The van der Waals surface area contributed by atoms with E-state index in [-0.39, 0.29) is 24.7 Å². The molecule has 2 unspecified atom stereocenters. The Kier molecular flexibility index (Phi) is 6.58. The van der Waals surface area contributed by atoms with Crippen LogP contribution in [0.2, 0.25) is 0 Å². The van der Waals surface area contributed by atoms with E-state index in [9.17, 15) is 4.79 Å². The number of carbonyl (C=O) groups excluding carboxylic acids is 1. The monoisotopic (exact) mass is 322 g/mol. The largest absolute Gasteiger partial charge is 0.396 e. The van der Waals surface area contributed by atoms with Crippen LogP contribution in [-0.2, 0) is 0 Å². The SMILES string of the molecule is Cc1ccc(C2CSCCN2C(=O)NC(C)CCCO)cc1. The predicted octanol–water partition coefficient (Wildman–Crippen LogP) is 2.96. The topological polar surface area (TPSA) is 52.6 Å². The molecule has 2 atom stereocenters. The molecule has 2 amide bonds. The number of nitrogens with zero attached hydrogens (tertiary/aromatic N) is 1. The summed E-state index contributed by atoms with van der Waals surface area (Å²) < 4.78 is 0. The third kappa shape index (κ3) is 4.65. The summed E-state index contributed by atoms with van der Waals surface area (Å²) in [5.74, 6) is 1.93. The fraction of sp³-hybridized carbons (Fsp3) is 0.588. The zero-order valence-electron chi connectivity index (χ0n) is 13.4. The fourth-order valence-electron chi connectivity index (χ4n) is 2.67. The minimum absolute atomic E-state index is 0.0105. The third-order valence-corrected chi connectivity index (χ3v) is 5.04. The molecule has 5 heteroatoms. The molecule has 1 aliphatic rings. The third-order valence-electron chi connectivity index (χ3n) is 4.02. The molecular weight excluding hydrogens is 296 g/mol. The number of aryl methyl sites for hydroxylation is 1. The number of carbonyl (C=O) groups is 1. The minimum atomic E-state index is 0.0105. The van der Waals surface area contributed by atoms with Crippen LogP contribution in [0.5, 0.6) is 0 Å². The summed E-state index contributed by atoms with van der Waals surface area (Å²) >= 11 is 1.90. The van der Waals surface area contributed by atoms with Gasteiger partial charge in [0.05, 0.1) is 6.04 Å². The lowest BCUT2D eigenvalue weighted by molar-refractivity contribution is 0.178. The summed E-state index contributed by atoms with van der Waals surface area (Å²) in [5.41, 5.74) is 2.44. The van der Waals surface area contributed by atoms with Gasteiger partial charge in [-0.3, -0.25) is 0 Å². The normalized spacial score (nSPS) is 19.8. The van der Waals surface area contributed by atoms with Gasteiger partial charge in [-0.2, -0.15) is 11.8 Å². The Labute approximate surface area is 137 Å². The van der Waals surface area contributed by atoms with E-state index in [0.717, 1.165) is 30.9 Å². The molecule has 1 aromatic carbocycles. The van der Waals surface area contributed by atoms with E-state index in [4.69, 9.17) is 5.11 Å². The predicted molar refractivity (Wildman–Crippen MR) is 92.3 cm³/mol. The molecule has 0 aliphatic carbocycles. The molecule has 4 nitrogen and oxygen atoms in total. The molecule has 0 bridgehead atoms. The van der Waals surface area contributed by atoms with Crippen molar-refractivity contribution in [2.75, 3.05) is 24.7 Å². The second kappa shape index (κ2) is 8.44. The van der Waals surface area contributed by atoms with Gasteiger partial charge in [0, 0.05) is 30.7 Å². The molecule has 122 valence electrons. The summed E-state index contributed by atoms with van der Waals surface area (Å²) in [5, 5.41) is 11.9. The molecule has 1 aliphatic heterocycles. The summed E-state index contributed by atoms with van der Waals surface area (Å²) in [4.78, 5) is 14.5. The molecule has 2 rings (SSSR count). The van der Waals surface area contributed by atoms with Crippen molar-refractivity contribution in [3.63, 3.8) is 0 Å². The number of hydrogen-bond acceptors (Lipinski definition) is 3. The van der Waals surface area contributed by atoms with Gasteiger partial charge in [-0.05, 0) is 32.3 Å². The van der Waals surface area contributed by atoms with E-state index in [2.05, 4.69) is 36.5 Å². The van der Waals surface area contributed by atoms with Crippen molar-refractivity contribution in [3.8, 4) is 0 Å². The number of nitrogens with one attached hydrogen (secondary N) is 1. The molecule has 0 spiro atoms. The van der Waals surface area contributed by atoms with Gasteiger partial charge in [0.2, 0.25) is 0 Å². The van der Waals surface area contributed by atoms with Crippen LogP contribution in [0.25, 0.3) is 0 Å². The molecule has 1 aromatic rings. The molecule has 22 heavy (non-hydrogen) atoms. The average Bonchev–Trinajstić information content (AvgIpc) is 2.53. The highest BCUT2D eigenvalue weighted by atomic mass is 32.2. The number of benzene rings is 1. The van der Waals surface area contributed by atoms with Crippen molar-refractivity contribution in [2.45, 2.75) is 38.8 Å². The van der Waals surface area contributed by atoms with E-state index < -0.39 is 0 Å². The highest BCUT2D eigenvalue weighted by Crippen LogP contribution is 2.29.